The smallest absolute Gasteiger partial charge is 0.311 e. The van der Waals surface area contributed by atoms with Crippen molar-refractivity contribution < 1.29 is 19.2 Å². The lowest BCUT2D eigenvalue weighted by molar-refractivity contribution is -0.385. The number of hydrogen-bond donors (Lipinski definition) is 2. The average Bonchev–Trinajstić information content (AvgIpc) is 2.62. The number of nitrogens with one attached hydrogen (secondary N) is 2. The van der Waals surface area contributed by atoms with Crippen LogP contribution in [-0.2, 0) is 4.79 Å². The molecule has 0 saturated heterocycles. The number of carbonyl (C=O) groups excluding carboxylic acids is 2. The van der Waals surface area contributed by atoms with E-state index in [0.29, 0.717) is 15.7 Å². The van der Waals surface area contributed by atoms with E-state index in [9.17, 15) is 19.7 Å². The molecular weight excluding hydrogens is 385 g/mol. The van der Waals surface area contributed by atoms with Gasteiger partial charge in [0.25, 0.3) is 5.91 Å². The van der Waals surface area contributed by atoms with Crippen molar-refractivity contribution in [1.82, 2.24) is 5.32 Å². The van der Waals surface area contributed by atoms with Crippen LogP contribution in [0.2, 0.25) is 10.0 Å². The molecule has 2 aromatic rings. The summed E-state index contributed by atoms with van der Waals surface area (Å²) < 4.78 is 4.87. The average molecular weight is 398 g/mol. The van der Waals surface area contributed by atoms with Gasteiger partial charge in [-0.2, -0.15) is 0 Å². The third kappa shape index (κ3) is 4.84. The fraction of sp³-hybridized carbons (Fsp3) is 0.125. The van der Waals surface area contributed by atoms with Gasteiger partial charge in [0.1, 0.15) is 0 Å². The summed E-state index contributed by atoms with van der Waals surface area (Å²) in [7, 11) is 1.29. The molecule has 0 unspecified atom stereocenters. The Balaban J connectivity index is 2.02. The van der Waals surface area contributed by atoms with E-state index in [2.05, 4.69) is 10.6 Å². The number of anilines is 1. The van der Waals surface area contributed by atoms with Gasteiger partial charge in [-0.25, -0.2) is 0 Å². The first-order chi connectivity index (χ1) is 12.3. The molecule has 2 N–H and O–H groups in total. The zero-order chi connectivity index (χ0) is 19.3. The second kappa shape index (κ2) is 8.50. The molecule has 0 aliphatic heterocycles. The summed E-state index contributed by atoms with van der Waals surface area (Å²) in [5.74, 6) is -1.16. The topological polar surface area (TPSA) is 111 Å². The molecule has 2 aromatic carbocycles. The van der Waals surface area contributed by atoms with Gasteiger partial charge in [0.2, 0.25) is 5.91 Å². The Morgan fingerprint density at radius 2 is 1.92 bits per heavy atom. The third-order valence-corrected chi connectivity index (χ3v) is 3.81. The first kappa shape index (κ1) is 19.5. The Morgan fingerprint density at radius 3 is 2.58 bits per heavy atom. The van der Waals surface area contributed by atoms with Gasteiger partial charge in [0.15, 0.2) is 5.75 Å². The lowest BCUT2D eigenvalue weighted by Gasteiger charge is -2.09. The van der Waals surface area contributed by atoms with Crippen LogP contribution in [0, 0.1) is 10.1 Å². The fourth-order valence-corrected chi connectivity index (χ4v) is 2.36. The predicted octanol–water partition coefficient (Wildman–Crippen LogP) is 3.28. The van der Waals surface area contributed by atoms with Crippen molar-refractivity contribution >= 4 is 46.4 Å². The van der Waals surface area contributed by atoms with Crippen molar-refractivity contribution in [2.45, 2.75) is 0 Å². The molecular formula is C16H13Cl2N3O5. The molecule has 2 rings (SSSR count). The molecule has 0 radical (unpaired) electrons. The van der Waals surface area contributed by atoms with E-state index in [1.807, 2.05) is 0 Å². The minimum absolute atomic E-state index is 0.0195. The van der Waals surface area contributed by atoms with E-state index in [4.69, 9.17) is 27.9 Å². The number of amides is 2. The van der Waals surface area contributed by atoms with E-state index < -0.39 is 16.7 Å². The number of hydrogen-bond acceptors (Lipinski definition) is 5. The van der Waals surface area contributed by atoms with Crippen LogP contribution >= 0.6 is 23.2 Å². The molecule has 10 heteroatoms. The maximum Gasteiger partial charge on any atom is 0.311 e. The maximum absolute atomic E-state index is 12.1. The Morgan fingerprint density at radius 1 is 1.19 bits per heavy atom. The largest absolute Gasteiger partial charge is 0.490 e. The van der Waals surface area contributed by atoms with Gasteiger partial charge < -0.3 is 15.4 Å². The molecule has 2 amide bonds. The number of rotatable bonds is 6. The molecule has 0 heterocycles. The highest BCUT2D eigenvalue weighted by atomic mass is 35.5. The molecule has 0 aromatic heterocycles. The number of nitro benzene ring substituents is 1. The van der Waals surface area contributed by atoms with Crippen LogP contribution in [0.15, 0.2) is 36.4 Å². The number of nitrogens with zero attached hydrogens (tertiary/aromatic N) is 1. The summed E-state index contributed by atoms with van der Waals surface area (Å²) >= 11 is 11.8. The predicted molar refractivity (Wildman–Crippen MR) is 97.1 cm³/mol. The van der Waals surface area contributed by atoms with Crippen LogP contribution in [0.1, 0.15) is 10.4 Å². The van der Waals surface area contributed by atoms with Crippen LogP contribution in [-0.4, -0.2) is 30.4 Å². The van der Waals surface area contributed by atoms with Crippen LogP contribution in [0.5, 0.6) is 5.75 Å². The van der Waals surface area contributed by atoms with Gasteiger partial charge >= 0.3 is 5.69 Å². The monoisotopic (exact) mass is 397 g/mol. The Bertz CT molecular complexity index is 873. The van der Waals surface area contributed by atoms with Crippen molar-refractivity contribution in [3.63, 3.8) is 0 Å². The van der Waals surface area contributed by atoms with Crippen LogP contribution in [0.3, 0.4) is 0 Å². The minimum atomic E-state index is -0.663. The molecule has 8 nitrogen and oxygen atoms in total. The van der Waals surface area contributed by atoms with Crippen molar-refractivity contribution in [3.8, 4) is 5.75 Å². The van der Waals surface area contributed by atoms with Crippen LogP contribution < -0.4 is 15.4 Å². The normalized spacial score (nSPS) is 10.1. The molecule has 0 atom stereocenters. The Hall–Kier alpha value is -2.84. The Kier molecular flexibility index (Phi) is 6.37. The Labute approximate surface area is 158 Å². The molecule has 0 spiro atoms. The SMILES string of the molecule is COc1ccc(C(=O)NCC(=O)Nc2cc(Cl)ccc2Cl)cc1[N+](=O)[O-]. The second-order valence-corrected chi connectivity index (χ2v) is 5.84. The lowest BCUT2D eigenvalue weighted by atomic mass is 10.1. The molecule has 0 fully saturated rings. The number of halogens is 2. The van der Waals surface area contributed by atoms with Crippen molar-refractivity contribution in [2.75, 3.05) is 19.0 Å². The van der Waals surface area contributed by atoms with Gasteiger partial charge in [0.05, 0.1) is 29.3 Å². The number of benzene rings is 2. The number of methoxy groups -OCH3 is 1. The third-order valence-electron chi connectivity index (χ3n) is 3.25. The van der Waals surface area contributed by atoms with Gasteiger partial charge in [-0.05, 0) is 30.3 Å². The van der Waals surface area contributed by atoms with E-state index in [1.165, 1.54) is 31.4 Å². The number of ether oxygens (including phenoxy) is 1. The molecule has 0 saturated carbocycles. The number of nitro groups is 1. The summed E-state index contributed by atoms with van der Waals surface area (Å²) in [6, 6.07) is 8.29. The maximum atomic E-state index is 12.1. The highest BCUT2D eigenvalue weighted by molar-refractivity contribution is 6.35. The van der Waals surface area contributed by atoms with E-state index in [0.717, 1.165) is 6.07 Å². The summed E-state index contributed by atoms with van der Waals surface area (Å²) in [6.45, 7) is -0.360. The number of carbonyl (C=O) groups is 2. The summed E-state index contributed by atoms with van der Waals surface area (Å²) in [6.07, 6.45) is 0. The van der Waals surface area contributed by atoms with Crippen LogP contribution in [0.25, 0.3) is 0 Å². The van der Waals surface area contributed by atoms with Crippen molar-refractivity contribution in [1.29, 1.82) is 0 Å². The summed E-state index contributed by atoms with van der Waals surface area (Å²) in [5, 5.41) is 16.5. The molecule has 0 aliphatic rings. The molecule has 0 aliphatic carbocycles. The lowest BCUT2D eigenvalue weighted by Crippen LogP contribution is -2.32. The van der Waals surface area contributed by atoms with Gasteiger partial charge in [-0.1, -0.05) is 23.2 Å². The molecule has 0 bridgehead atoms. The highest BCUT2D eigenvalue weighted by Gasteiger charge is 2.18. The summed E-state index contributed by atoms with van der Waals surface area (Å²) in [4.78, 5) is 34.4. The van der Waals surface area contributed by atoms with E-state index in [-0.39, 0.29) is 23.5 Å². The van der Waals surface area contributed by atoms with Gasteiger partial charge in [0, 0.05) is 16.7 Å². The fourth-order valence-electron chi connectivity index (χ4n) is 2.02. The van der Waals surface area contributed by atoms with E-state index in [1.54, 1.807) is 6.07 Å². The summed E-state index contributed by atoms with van der Waals surface area (Å²) in [5.41, 5.74) is -0.0279. The second-order valence-electron chi connectivity index (χ2n) is 5.00. The zero-order valence-electron chi connectivity index (χ0n) is 13.4. The van der Waals surface area contributed by atoms with Gasteiger partial charge in [-0.15, -0.1) is 0 Å². The van der Waals surface area contributed by atoms with Crippen molar-refractivity contribution in [3.05, 3.63) is 62.1 Å². The highest BCUT2D eigenvalue weighted by Crippen LogP contribution is 2.27. The first-order valence-corrected chi connectivity index (χ1v) is 7.93. The minimum Gasteiger partial charge on any atom is -0.490 e. The zero-order valence-corrected chi connectivity index (χ0v) is 14.9. The van der Waals surface area contributed by atoms with E-state index >= 15 is 0 Å². The van der Waals surface area contributed by atoms with Crippen LogP contribution in [0.4, 0.5) is 11.4 Å². The van der Waals surface area contributed by atoms with Crippen molar-refractivity contribution in [2.24, 2.45) is 0 Å². The quantitative estimate of drug-likeness (QED) is 0.573. The molecule has 26 heavy (non-hydrogen) atoms. The van der Waals surface area contributed by atoms with Gasteiger partial charge in [-0.3, -0.25) is 19.7 Å². The molecule has 136 valence electrons. The first-order valence-electron chi connectivity index (χ1n) is 7.17. The standard InChI is InChI=1S/C16H13Cl2N3O5/c1-26-14-5-2-9(6-13(14)21(24)25)16(23)19-8-15(22)20-12-7-10(17)3-4-11(12)18/h2-7H,8H2,1H3,(H,19,23)(H,20,22).